The van der Waals surface area contributed by atoms with Crippen LogP contribution in [-0.4, -0.2) is 12.6 Å². The number of ether oxygens (including phenoxy) is 1. The Bertz CT molecular complexity index is 400. The highest BCUT2D eigenvalue weighted by atomic mass is 16.5. The van der Waals surface area contributed by atoms with Crippen molar-refractivity contribution in [1.82, 2.24) is 0 Å². The van der Waals surface area contributed by atoms with Gasteiger partial charge < -0.3 is 10.5 Å². The van der Waals surface area contributed by atoms with E-state index in [9.17, 15) is 0 Å². The first kappa shape index (κ1) is 14.4. The largest absolute Gasteiger partial charge is 0.493 e. The van der Waals surface area contributed by atoms with E-state index in [0.717, 1.165) is 31.1 Å². The molecule has 0 amide bonds. The van der Waals surface area contributed by atoms with Gasteiger partial charge in [0.25, 0.3) is 0 Å². The van der Waals surface area contributed by atoms with Gasteiger partial charge in [0.15, 0.2) is 0 Å². The molecule has 1 unspecified atom stereocenters. The predicted octanol–water partition coefficient (Wildman–Crippen LogP) is 3.76. The molecular formula is C17H27NO. The molecule has 1 atom stereocenters. The number of benzene rings is 1. The highest BCUT2D eigenvalue weighted by Crippen LogP contribution is 2.33. The lowest BCUT2D eigenvalue weighted by atomic mass is 9.99. The monoisotopic (exact) mass is 261 g/mol. The molecule has 1 aromatic carbocycles. The van der Waals surface area contributed by atoms with Crippen molar-refractivity contribution in [2.24, 2.45) is 11.7 Å². The summed E-state index contributed by atoms with van der Waals surface area (Å²) in [4.78, 5) is 0. The van der Waals surface area contributed by atoms with E-state index >= 15 is 0 Å². The summed E-state index contributed by atoms with van der Waals surface area (Å²) in [5, 5.41) is 0. The van der Waals surface area contributed by atoms with Gasteiger partial charge in [-0.2, -0.15) is 0 Å². The fourth-order valence-electron chi connectivity index (χ4n) is 2.57. The van der Waals surface area contributed by atoms with Crippen LogP contribution in [-0.2, 0) is 6.42 Å². The molecular weight excluding hydrogens is 234 g/mol. The molecule has 2 rings (SSSR count). The molecule has 19 heavy (non-hydrogen) atoms. The summed E-state index contributed by atoms with van der Waals surface area (Å²) < 4.78 is 5.97. The van der Waals surface area contributed by atoms with E-state index in [1.54, 1.807) is 0 Å². The van der Waals surface area contributed by atoms with Crippen LogP contribution in [0.3, 0.4) is 0 Å². The maximum absolute atomic E-state index is 6.03. The topological polar surface area (TPSA) is 35.2 Å². The number of aryl methyl sites for hydroxylation is 2. The van der Waals surface area contributed by atoms with Crippen LogP contribution in [0.5, 0.6) is 5.75 Å². The summed E-state index contributed by atoms with van der Waals surface area (Å²) in [5.41, 5.74) is 9.85. The maximum Gasteiger partial charge on any atom is 0.125 e. The van der Waals surface area contributed by atoms with Crippen molar-refractivity contribution in [3.05, 3.63) is 28.8 Å². The zero-order valence-corrected chi connectivity index (χ0v) is 12.5. The molecule has 0 aromatic heterocycles. The lowest BCUT2D eigenvalue weighted by molar-refractivity contribution is 0.298. The van der Waals surface area contributed by atoms with E-state index in [4.69, 9.17) is 10.5 Å². The first-order valence-corrected chi connectivity index (χ1v) is 7.58. The second-order valence-corrected chi connectivity index (χ2v) is 6.01. The number of nitrogens with two attached hydrogens (primary N) is 1. The summed E-state index contributed by atoms with van der Waals surface area (Å²) in [6.45, 7) is 7.28. The molecule has 2 N–H and O–H groups in total. The van der Waals surface area contributed by atoms with Crippen molar-refractivity contribution >= 4 is 0 Å². The van der Waals surface area contributed by atoms with Gasteiger partial charge in [0.1, 0.15) is 5.75 Å². The number of rotatable bonds is 7. The third-order valence-electron chi connectivity index (χ3n) is 4.01. The molecule has 0 heterocycles. The van der Waals surface area contributed by atoms with E-state index in [0.29, 0.717) is 0 Å². The lowest BCUT2D eigenvalue weighted by Crippen LogP contribution is -2.21. The normalized spacial score (nSPS) is 16.4. The van der Waals surface area contributed by atoms with Crippen molar-refractivity contribution < 1.29 is 4.74 Å². The van der Waals surface area contributed by atoms with Gasteiger partial charge in [-0.3, -0.25) is 0 Å². The van der Waals surface area contributed by atoms with Gasteiger partial charge in [-0.25, -0.2) is 0 Å². The molecule has 1 aliphatic carbocycles. The van der Waals surface area contributed by atoms with Gasteiger partial charge in [0.2, 0.25) is 0 Å². The summed E-state index contributed by atoms with van der Waals surface area (Å²) >= 11 is 0. The summed E-state index contributed by atoms with van der Waals surface area (Å²) in [7, 11) is 0. The van der Waals surface area contributed by atoms with Crippen LogP contribution in [0.1, 0.15) is 49.3 Å². The lowest BCUT2D eigenvalue weighted by Gasteiger charge is -2.15. The van der Waals surface area contributed by atoms with Crippen LogP contribution in [0.4, 0.5) is 0 Å². The highest BCUT2D eigenvalue weighted by molar-refractivity contribution is 5.43. The second-order valence-electron chi connectivity index (χ2n) is 6.01. The standard InChI is InChI=1S/C17H27NO/c1-4-16(18)11-15-9-12(2)17(13(3)10-15)19-8-7-14-5-6-14/h9-10,14,16H,4-8,11,18H2,1-3H3. The highest BCUT2D eigenvalue weighted by Gasteiger charge is 2.21. The SMILES string of the molecule is CCC(N)Cc1cc(C)c(OCCC2CC2)c(C)c1. The Hall–Kier alpha value is -1.02. The minimum absolute atomic E-state index is 0.264. The van der Waals surface area contributed by atoms with Crippen molar-refractivity contribution in [2.45, 2.75) is 58.9 Å². The second kappa shape index (κ2) is 6.42. The van der Waals surface area contributed by atoms with E-state index in [-0.39, 0.29) is 6.04 Å². The fourth-order valence-corrected chi connectivity index (χ4v) is 2.57. The first-order chi connectivity index (χ1) is 9.10. The predicted molar refractivity (Wildman–Crippen MR) is 80.7 cm³/mol. The molecule has 1 aromatic rings. The Labute approximate surface area is 117 Å². The Balaban J connectivity index is 1.98. The molecule has 0 saturated heterocycles. The third kappa shape index (κ3) is 4.24. The number of hydrogen-bond acceptors (Lipinski definition) is 2. The van der Waals surface area contributed by atoms with Gasteiger partial charge >= 0.3 is 0 Å². The van der Waals surface area contributed by atoms with E-state index in [1.807, 2.05) is 0 Å². The average molecular weight is 261 g/mol. The Kier molecular flexibility index (Phi) is 4.87. The zero-order chi connectivity index (χ0) is 13.8. The molecule has 0 radical (unpaired) electrons. The van der Waals surface area contributed by atoms with Crippen LogP contribution in [0.25, 0.3) is 0 Å². The molecule has 106 valence electrons. The zero-order valence-electron chi connectivity index (χ0n) is 12.5. The summed E-state index contributed by atoms with van der Waals surface area (Å²) in [6, 6.07) is 4.73. The summed E-state index contributed by atoms with van der Waals surface area (Å²) in [5.74, 6) is 2.01. The molecule has 1 fully saturated rings. The Morgan fingerprint density at radius 3 is 2.42 bits per heavy atom. The van der Waals surface area contributed by atoms with Crippen molar-refractivity contribution in [2.75, 3.05) is 6.61 Å². The maximum atomic E-state index is 6.03. The molecule has 0 spiro atoms. The minimum atomic E-state index is 0.264. The van der Waals surface area contributed by atoms with Crippen LogP contribution >= 0.6 is 0 Å². The average Bonchev–Trinajstić information content (AvgIpc) is 3.16. The quantitative estimate of drug-likeness (QED) is 0.811. The third-order valence-corrected chi connectivity index (χ3v) is 4.01. The van der Waals surface area contributed by atoms with Gasteiger partial charge in [-0.05, 0) is 55.7 Å². The Morgan fingerprint density at radius 2 is 1.89 bits per heavy atom. The van der Waals surface area contributed by atoms with Crippen LogP contribution < -0.4 is 10.5 Å². The Morgan fingerprint density at radius 1 is 1.26 bits per heavy atom. The summed E-state index contributed by atoms with van der Waals surface area (Å²) in [6.07, 6.45) is 5.99. The minimum Gasteiger partial charge on any atom is -0.493 e. The molecule has 0 bridgehead atoms. The number of hydrogen-bond donors (Lipinski definition) is 1. The van der Waals surface area contributed by atoms with Crippen LogP contribution in [0.15, 0.2) is 12.1 Å². The van der Waals surface area contributed by atoms with Gasteiger partial charge in [0, 0.05) is 6.04 Å². The molecule has 2 heteroatoms. The first-order valence-electron chi connectivity index (χ1n) is 7.58. The van der Waals surface area contributed by atoms with Gasteiger partial charge in [0.05, 0.1) is 6.61 Å². The van der Waals surface area contributed by atoms with E-state index in [2.05, 4.69) is 32.9 Å². The molecule has 1 aliphatic rings. The van der Waals surface area contributed by atoms with Crippen molar-refractivity contribution in [3.63, 3.8) is 0 Å². The molecule has 1 saturated carbocycles. The van der Waals surface area contributed by atoms with Gasteiger partial charge in [-0.15, -0.1) is 0 Å². The van der Waals surface area contributed by atoms with Crippen molar-refractivity contribution in [1.29, 1.82) is 0 Å². The molecule has 2 nitrogen and oxygen atoms in total. The fraction of sp³-hybridized carbons (Fsp3) is 0.647. The van der Waals surface area contributed by atoms with Crippen LogP contribution in [0, 0.1) is 19.8 Å². The van der Waals surface area contributed by atoms with Crippen molar-refractivity contribution in [3.8, 4) is 5.75 Å². The van der Waals surface area contributed by atoms with Gasteiger partial charge in [-0.1, -0.05) is 31.9 Å². The molecule has 0 aliphatic heterocycles. The van der Waals surface area contributed by atoms with Crippen LogP contribution in [0.2, 0.25) is 0 Å². The van der Waals surface area contributed by atoms with E-state index < -0.39 is 0 Å². The smallest absolute Gasteiger partial charge is 0.125 e. The van der Waals surface area contributed by atoms with E-state index in [1.165, 1.54) is 36.0 Å².